The average Bonchev–Trinajstić information content (AvgIpc) is 2.14. The van der Waals surface area contributed by atoms with Crippen LogP contribution in [-0.4, -0.2) is 27.1 Å². The molecule has 5 nitrogen and oxygen atoms in total. The van der Waals surface area contributed by atoms with Crippen LogP contribution in [0.5, 0.6) is 0 Å². The van der Waals surface area contributed by atoms with Gasteiger partial charge in [0, 0.05) is 18.8 Å². The Kier molecular flexibility index (Phi) is 4.17. The van der Waals surface area contributed by atoms with Crippen molar-refractivity contribution in [3.63, 3.8) is 0 Å². The number of hydrogen-bond acceptors (Lipinski definition) is 4. The molecule has 1 unspecified atom stereocenters. The number of aliphatic carboxylic acids is 1. The van der Waals surface area contributed by atoms with E-state index in [0.29, 0.717) is 6.54 Å². The number of carboxylic acids is 1. The van der Waals surface area contributed by atoms with Crippen molar-refractivity contribution in [1.82, 2.24) is 15.3 Å². The number of aryl methyl sites for hydroxylation is 1. The molecule has 0 saturated heterocycles. The lowest BCUT2D eigenvalue weighted by Crippen LogP contribution is -2.28. The van der Waals surface area contributed by atoms with Gasteiger partial charge in [-0.25, -0.2) is 9.97 Å². The molecule has 1 aromatic heterocycles. The first-order chi connectivity index (χ1) is 7.08. The highest BCUT2D eigenvalue weighted by Crippen LogP contribution is 1.97. The van der Waals surface area contributed by atoms with Gasteiger partial charge < -0.3 is 10.4 Å². The van der Waals surface area contributed by atoms with E-state index in [1.165, 1.54) is 0 Å². The summed E-state index contributed by atoms with van der Waals surface area (Å²) in [5.74, 6) is -0.0749. The molecule has 0 radical (unpaired) electrons. The van der Waals surface area contributed by atoms with Crippen LogP contribution < -0.4 is 5.32 Å². The molecule has 0 saturated carbocycles. The van der Waals surface area contributed by atoms with Crippen LogP contribution in [0.4, 0.5) is 0 Å². The van der Waals surface area contributed by atoms with Gasteiger partial charge in [-0.1, -0.05) is 0 Å². The summed E-state index contributed by atoms with van der Waals surface area (Å²) in [6.45, 7) is 4.23. The molecule has 0 aliphatic rings. The summed E-state index contributed by atoms with van der Waals surface area (Å²) >= 11 is 0. The number of hydrogen-bond donors (Lipinski definition) is 2. The minimum absolute atomic E-state index is 0.0576. The van der Waals surface area contributed by atoms with Crippen LogP contribution in [0.25, 0.3) is 0 Å². The van der Waals surface area contributed by atoms with E-state index in [2.05, 4.69) is 15.3 Å². The SMILES string of the molecule is Cc1nccc(CNC(C)CC(=O)O)n1. The third-order valence-corrected chi connectivity index (χ3v) is 1.95. The lowest BCUT2D eigenvalue weighted by Gasteiger charge is -2.10. The van der Waals surface area contributed by atoms with Crippen molar-refractivity contribution in [1.29, 1.82) is 0 Å². The van der Waals surface area contributed by atoms with E-state index in [4.69, 9.17) is 5.11 Å². The van der Waals surface area contributed by atoms with Crippen molar-refractivity contribution in [3.05, 3.63) is 23.8 Å². The van der Waals surface area contributed by atoms with Crippen molar-refractivity contribution in [3.8, 4) is 0 Å². The largest absolute Gasteiger partial charge is 0.481 e. The molecule has 1 heterocycles. The summed E-state index contributed by atoms with van der Waals surface area (Å²) in [6.07, 6.45) is 1.81. The molecule has 0 bridgehead atoms. The standard InChI is InChI=1S/C10H15N3O2/c1-7(5-10(14)15)12-6-9-3-4-11-8(2)13-9/h3-4,7,12H,5-6H2,1-2H3,(H,14,15). The monoisotopic (exact) mass is 209 g/mol. The number of carbonyl (C=O) groups is 1. The molecule has 0 fully saturated rings. The first kappa shape index (κ1) is 11.6. The van der Waals surface area contributed by atoms with Crippen LogP contribution >= 0.6 is 0 Å². The molecule has 82 valence electrons. The Labute approximate surface area is 88.6 Å². The van der Waals surface area contributed by atoms with Crippen molar-refractivity contribution in [2.24, 2.45) is 0 Å². The number of aromatic nitrogens is 2. The van der Waals surface area contributed by atoms with E-state index in [9.17, 15) is 4.79 Å². The molecule has 0 amide bonds. The normalized spacial score (nSPS) is 12.4. The lowest BCUT2D eigenvalue weighted by atomic mass is 10.2. The highest BCUT2D eigenvalue weighted by Gasteiger charge is 2.06. The van der Waals surface area contributed by atoms with Gasteiger partial charge in [0.15, 0.2) is 0 Å². The molecule has 0 aliphatic carbocycles. The zero-order chi connectivity index (χ0) is 11.3. The highest BCUT2D eigenvalue weighted by molar-refractivity contribution is 5.67. The number of carboxylic acid groups (broad SMARTS) is 1. The van der Waals surface area contributed by atoms with Gasteiger partial charge in [-0.05, 0) is 19.9 Å². The molecule has 1 rings (SSSR count). The second kappa shape index (κ2) is 5.41. The Hall–Kier alpha value is -1.49. The van der Waals surface area contributed by atoms with E-state index >= 15 is 0 Å². The minimum Gasteiger partial charge on any atom is -0.481 e. The van der Waals surface area contributed by atoms with Crippen LogP contribution in [0.15, 0.2) is 12.3 Å². The summed E-state index contributed by atoms with van der Waals surface area (Å²) in [5, 5.41) is 11.6. The molecule has 0 spiro atoms. The first-order valence-electron chi connectivity index (χ1n) is 4.81. The van der Waals surface area contributed by atoms with Crippen LogP contribution in [0, 0.1) is 6.92 Å². The van der Waals surface area contributed by atoms with Crippen LogP contribution in [0.2, 0.25) is 0 Å². The average molecular weight is 209 g/mol. The van der Waals surface area contributed by atoms with Crippen molar-refractivity contribution in [2.45, 2.75) is 32.9 Å². The summed E-state index contributed by atoms with van der Waals surface area (Å²) in [4.78, 5) is 18.6. The summed E-state index contributed by atoms with van der Waals surface area (Å²) < 4.78 is 0. The van der Waals surface area contributed by atoms with E-state index in [0.717, 1.165) is 11.5 Å². The Morgan fingerprint density at radius 1 is 1.67 bits per heavy atom. The number of nitrogens with zero attached hydrogens (tertiary/aromatic N) is 2. The Bertz CT molecular complexity index is 341. The van der Waals surface area contributed by atoms with Gasteiger partial charge in [0.2, 0.25) is 0 Å². The maximum absolute atomic E-state index is 10.4. The fourth-order valence-corrected chi connectivity index (χ4v) is 1.22. The van der Waals surface area contributed by atoms with Gasteiger partial charge in [0.25, 0.3) is 0 Å². The molecule has 0 aromatic carbocycles. The molecule has 5 heteroatoms. The molecule has 1 atom stereocenters. The summed E-state index contributed by atoms with van der Waals surface area (Å²) in [7, 11) is 0. The van der Waals surface area contributed by atoms with E-state index < -0.39 is 5.97 Å². The predicted octanol–water partition coefficient (Wildman–Crippen LogP) is 0.738. The Balaban J connectivity index is 2.40. The topological polar surface area (TPSA) is 75.1 Å². The predicted molar refractivity (Wildman–Crippen MR) is 55.3 cm³/mol. The maximum Gasteiger partial charge on any atom is 0.304 e. The molecular weight excluding hydrogens is 194 g/mol. The fourth-order valence-electron chi connectivity index (χ4n) is 1.22. The van der Waals surface area contributed by atoms with Crippen molar-refractivity contribution in [2.75, 3.05) is 0 Å². The van der Waals surface area contributed by atoms with Gasteiger partial charge in [0.05, 0.1) is 12.1 Å². The van der Waals surface area contributed by atoms with Crippen LogP contribution in [0.1, 0.15) is 24.9 Å². The second-order valence-corrected chi connectivity index (χ2v) is 3.48. The third kappa shape index (κ3) is 4.51. The molecule has 15 heavy (non-hydrogen) atoms. The summed E-state index contributed by atoms with van der Waals surface area (Å²) in [5.41, 5.74) is 0.875. The van der Waals surface area contributed by atoms with Gasteiger partial charge in [-0.2, -0.15) is 0 Å². The zero-order valence-corrected chi connectivity index (χ0v) is 8.90. The molecule has 2 N–H and O–H groups in total. The lowest BCUT2D eigenvalue weighted by molar-refractivity contribution is -0.137. The third-order valence-electron chi connectivity index (χ3n) is 1.95. The van der Waals surface area contributed by atoms with Gasteiger partial charge >= 0.3 is 5.97 Å². The molecule has 0 aliphatic heterocycles. The van der Waals surface area contributed by atoms with Crippen LogP contribution in [-0.2, 0) is 11.3 Å². The first-order valence-corrected chi connectivity index (χ1v) is 4.81. The van der Waals surface area contributed by atoms with Gasteiger partial charge in [-0.3, -0.25) is 4.79 Å². The molecular formula is C10H15N3O2. The summed E-state index contributed by atoms with van der Waals surface area (Å²) in [6, 6.07) is 1.76. The Morgan fingerprint density at radius 2 is 2.40 bits per heavy atom. The van der Waals surface area contributed by atoms with Crippen LogP contribution in [0.3, 0.4) is 0 Å². The number of rotatable bonds is 5. The smallest absolute Gasteiger partial charge is 0.304 e. The van der Waals surface area contributed by atoms with Crippen molar-refractivity contribution < 1.29 is 9.90 Å². The second-order valence-electron chi connectivity index (χ2n) is 3.48. The fraction of sp³-hybridized carbons (Fsp3) is 0.500. The van der Waals surface area contributed by atoms with E-state index in [-0.39, 0.29) is 12.5 Å². The quantitative estimate of drug-likeness (QED) is 0.748. The van der Waals surface area contributed by atoms with E-state index in [1.807, 2.05) is 19.9 Å². The Morgan fingerprint density at radius 3 is 3.00 bits per heavy atom. The van der Waals surface area contributed by atoms with Gasteiger partial charge in [-0.15, -0.1) is 0 Å². The van der Waals surface area contributed by atoms with Crippen molar-refractivity contribution >= 4 is 5.97 Å². The van der Waals surface area contributed by atoms with E-state index in [1.54, 1.807) is 6.20 Å². The maximum atomic E-state index is 10.4. The minimum atomic E-state index is -0.797. The molecule has 1 aromatic rings. The number of nitrogens with one attached hydrogen (secondary N) is 1. The van der Waals surface area contributed by atoms with Gasteiger partial charge in [0.1, 0.15) is 5.82 Å². The highest BCUT2D eigenvalue weighted by atomic mass is 16.4. The zero-order valence-electron chi connectivity index (χ0n) is 8.90.